The molecule has 29 heavy (non-hydrogen) atoms. The van der Waals surface area contributed by atoms with Crippen molar-refractivity contribution in [1.82, 2.24) is 0 Å². The molecule has 0 heterocycles. The second-order valence-electron chi connectivity index (χ2n) is 8.28. The van der Waals surface area contributed by atoms with Crippen LogP contribution in [0, 0.1) is 12.8 Å². The van der Waals surface area contributed by atoms with E-state index in [4.69, 9.17) is 23.2 Å². The summed E-state index contributed by atoms with van der Waals surface area (Å²) in [5.41, 5.74) is 5.37. The van der Waals surface area contributed by atoms with E-state index >= 15 is 0 Å². The quantitative estimate of drug-likeness (QED) is 0.234. The van der Waals surface area contributed by atoms with E-state index in [0.29, 0.717) is 21.7 Å². The van der Waals surface area contributed by atoms with Crippen molar-refractivity contribution < 1.29 is 0 Å². The number of halogens is 2. The van der Waals surface area contributed by atoms with Gasteiger partial charge >= 0.3 is 0 Å². The first-order valence-electron chi connectivity index (χ1n) is 10.7. The summed E-state index contributed by atoms with van der Waals surface area (Å²) in [4.78, 5) is 3.97. The molecular weight excluding hydrogens is 417 g/mol. The standard InChI is InChI=1S/C25H29Cl2NS/c1-3-4-5-6-18-7-9-19(10-8-18)20-11-12-22(17(2)13-20)21-14-23(26)25(28-16-29)24(27)15-21/h11-15,18-19H,3-10H2,1-2H3. The van der Waals surface area contributed by atoms with Crippen LogP contribution in [0.5, 0.6) is 0 Å². The highest BCUT2D eigenvalue weighted by Gasteiger charge is 2.22. The van der Waals surface area contributed by atoms with Gasteiger partial charge in [-0.05, 0) is 91.0 Å². The van der Waals surface area contributed by atoms with Gasteiger partial charge in [0.15, 0.2) is 0 Å². The predicted octanol–water partition coefficient (Wildman–Crippen LogP) is 9.56. The van der Waals surface area contributed by atoms with E-state index < -0.39 is 0 Å². The largest absolute Gasteiger partial charge is 0.192 e. The molecular formula is C25H29Cl2NS. The van der Waals surface area contributed by atoms with Crippen LogP contribution in [0.15, 0.2) is 35.3 Å². The summed E-state index contributed by atoms with van der Waals surface area (Å²) in [6.45, 7) is 4.45. The Hall–Kier alpha value is -1.18. The van der Waals surface area contributed by atoms with Crippen LogP contribution in [0.25, 0.3) is 11.1 Å². The summed E-state index contributed by atoms with van der Waals surface area (Å²) >= 11 is 17.4. The van der Waals surface area contributed by atoms with Gasteiger partial charge < -0.3 is 0 Å². The highest BCUT2D eigenvalue weighted by Crippen LogP contribution is 2.41. The Bertz CT molecular complexity index is 871. The van der Waals surface area contributed by atoms with Gasteiger partial charge in [0, 0.05) is 0 Å². The molecule has 4 heteroatoms. The van der Waals surface area contributed by atoms with Crippen molar-refractivity contribution in [1.29, 1.82) is 0 Å². The molecule has 1 saturated carbocycles. The average molecular weight is 446 g/mol. The lowest BCUT2D eigenvalue weighted by Gasteiger charge is -2.29. The molecule has 0 unspecified atom stereocenters. The first-order valence-corrected chi connectivity index (χ1v) is 11.9. The maximum Gasteiger partial charge on any atom is 0.111 e. The van der Waals surface area contributed by atoms with E-state index in [1.165, 1.54) is 62.5 Å². The van der Waals surface area contributed by atoms with Crippen LogP contribution in [0.4, 0.5) is 5.69 Å². The number of nitrogens with zero attached hydrogens (tertiary/aromatic N) is 1. The molecule has 0 radical (unpaired) electrons. The molecule has 1 fully saturated rings. The Morgan fingerprint density at radius 1 is 1.03 bits per heavy atom. The highest BCUT2D eigenvalue weighted by atomic mass is 35.5. The first kappa shape index (κ1) is 22.5. The number of hydrogen-bond acceptors (Lipinski definition) is 2. The van der Waals surface area contributed by atoms with Crippen LogP contribution in [0.3, 0.4) is 0 Å². The maximum absolute atomic E-state index is 6.36. The minimum Gasteiger partial charge on any atom is -0.192 e. The molecule has 3 rings (SSSR count). The van der Waals surface area contributed by atoms with Gasteiger partial charge in [0.1, 0.15) is 5.69 Å². The minimum atomic E-state index is 0.483. The van der Waals surface area contributed by atoms with E-state index in [1.54, 1.807) is 0 Å². The Morgan fingerprint density at radius 3 is 2.31 bits per heavy atom. The molecule has 0 spiro atoms. The van der Waals surface area contributed by atoms with Gasteiger partial charge in [-0.25, -0.2) is 0 Å². The summed E-state index contributed by atoms with van der Waals surface area (Å²) in [6, 6.07) is 10.7. The lowest BCUT2D eigenvalue weighted by molar-refractivity contribution is 0.303. The minimum absolute atomic E-state index is 0.483. The van der Waals surface area contributed by atoms with Crippen LogP contribution in [-0.4, -0.2) is 5.16 Å². The van der Waals surface area contributed by atoms with E-state index in [9.17, 15) is 0 Å². The van der Waals surface area contributed by atoms with Crippen molar-refractivity contribution in [3.63, 3.8) is 0 Å². The van der Waals surface area contributed by atoms with Gasteiger partial charge in [0.05, 0.1) is 15.2 Å². The molecule has 1 aliphatic carbocycles. The van der Waals surface area contributed by atoms with Crippen LogP contribution in [-0.2, 0) is 0 Å². The van der Waals surface area contributed by atoms with E-state index in [1.807, 2.05) is 12.1 Å². The van der Waals surface area contributed by atoms with Crippen molar-refractivity contribution >= 4 is 46.3 Å². The third kappa shape index (κ3) is 5.70. The fourth-order valence-electron chi connectivity index (χ4n) is 4.61. The van der Waals surface area contributed by atoms with Gasteiger partial charge in [0.25, 0.3) is 0 Å². The average Bonchev–Trinajstić information content (AvgIpc) is 2.71. The Labute approximate surface area is 190 Å². The number of thiocarbonyl (C=S) groups is 1. The fraction of sp³-hybridized carbons (Fsp3) is 0.480. The topological polar surface area (TPSA) is 12.4 Å². The monoisotopic (exact) mass is 445 g/mol. The third-order valence-electron chi connectivity index (χ3n) is 6.27. The fourth-order valence-corrected chi connectivity index (χ4v) is 5.27. The number of rotatable bonds is 7. The van der Waals surface area contributed by atoms with Crippen molar-refractivity contribution in [2.24, 2.45) is 10.9 Å². The molecule has 0 atom stereocenters. The van der Waals surface area contributed by atoms with Crippen LogP contribution in [0.1, 0.15) is 75.3 Å². The predicted molar refractivity (Wildman–Crippen MR) is 130 cm³/mol. The normalized spacial score (nSPS) is 19.0. The van der Waals surface area contributed by atoms with Gasteiger partial charge in [-0.2, -0.15) is 4.99 Å². The van der Waals surface area contributed by atoms with Crippen LogP contribution in [0.2, 0.25) is 10.0 Å². The maximum atomic E-state index is 6.36. The summed E-state index contributed by atoms with van der Waals surface area (Å²) < 4.78 is 0. The summed E-state index contributed by atoms with van der Waals surface area (Å²) in [5, 5.41) is 3.33. The number of benzene rings is 2. The van der Waals surface area contributed by atoms with Crippen LogP contribution < -0.4 is 0 Å². The molecule has 0 bridgehead atoms. The van der Waals surface area contributed by atoms with E-state index in [2.05, 4.69) is 54.4 Å². The highest BCUT2D eigenvalue weighted by molar-refractivity contribution is 7.78. The Morgan fingerprint density at radius 2 is 1.72 bits per heavy atom. The molecule has 0 amide bonds. The summed E-state index contributed by atoms with van der Waals surface area (Å²) in [6.07, 6.45) is 10.9. The van der Waals surface area contributed by atoms with Crippen molar-refractivity contribution in [2.75, 3.05) is 0 Å². The summed E-state index contributed by atoms with van der Waals surface area (Å²) in [7, 11) is 0. The number of aliphatic imine (C=N–C) groups is 1. The zero-order chi connectivity index (χ0) is 20.8. The number of isothiocyanates is 1. The smallest absolute Gasteiger partial charge is 0.111 e. The molecule has 0 N–H and O–H groups in total. The Balaban J connectivity index is 1.72. The molecule has 2 aromatic rings. The molecule has 1 aliphatic rings. The first-order chi connectivity index (χ1) is 14.0. The van der Waals surface area contributed by atoms with Crippen molar-refractivity contribution in [2.45, 2.75) is 71.1 Å². The zero-order valence-electron chi connectivity index (χ0n) is 17.3. The molecule has 0 saturated heterocycles. The lowest BCUT2D eigenvalue weighted by atomic mass is 9.76. The van der Waals surface area contributed by atoms with Crippen LogP contribution >= 0.6 is 35.4 Å². The molecule has 0 aliphatic heterocycles. The number of aryl methyl sites for hydroxylation is 1. The number of hydrogen-bond donors (Lipinski definition) is 0. The van der Waals surface area contributed by atoms with E-state index in [-0.39, 0.29) is 0 Å². The molecule has 1 nitrogen and oxygen atoms in total. The Kier molecular flexibility index (Phi) is 8.33. The van der Waals surface area contributed by atoms with Gasteiger partial charge in [-0.1, -0.05) is 74.0 Å². The molecule has 154 valence electrons. The van der Waals surface area contributed by atoms with Crippen molar-refractivity contribution in [3.8, 4) is 11.1 Å². The molecule has 2 aromatic carbocycles. The molecule has 0 aromatic heterocycles. The van der Waals surface area contributed by atoms with Gasteiger partial charge in [-0.3, -0.25) is 0 Å². The SMILES string of the molecule is CCCCCC1CCC(c2ccc(-c3cc(Cl)c(N=C=S)c(Cl)c3)c(C)c2)CC1. The summed E-state index contributed by atoms with van der Waals surface area (Å²) in [5.74, 6) is 1.63. The lowest BCUT2D eigenvalue weighted by Crippen LogP contribution is -2.13. The van der Waals surface area contributed by atoms with Gasteiger partial charge in [0.2, 0.25) is 0 Å². The number of unbranched alkanes of at least 4 members (excludes halogenated alkanes) is 2. The second kappa shape index (κ2) is 10.7. The second-order valence-corrected chi connectivity index (χ2v) is 9.28. The van der Waals surface area contributed by atoms with Gasteiger partial charge in [-0.15, -0.1) is 0 Å². The van der Waals surface area contributed by atoms with Crippen molar-refractivity contribution in [3.05, 3.63) is 51.5 Å². The zero-order valence-corrected chi connectivity index (χ0v) is 19.6. The third-order valence-corrected chi connectivity index (χ3v) is 6.94. The van der Waals surface area contributed by atoms with E-state index in [0.717, 1.165) is 17.0 Å².